The molecule has 0 bridgehead atoms. The van der Waals surface area contributed by atoms with Gasteiger partial charge in [0.15, 0.2) is 0 Å². The summed E-state index contributed by atoms with van der Waals surface area (Å²) in [5.41, 5.74) is 0.00725. The van der Waals surface area contributed by atoms with E-state index >= 15 is 0 Å². The normalized spacial score (nSPS) is 23.1. The lowest BCUT2D eigenvalue weighted by Crippen LogP contribution is -2.42. The van der Waals surface area contributed by atoms with Gasteiger partial charge in [-0.2, -0.15) is 0 Å². The Kier molecular flexibility index (Phi) is 4.21. The highest BCUT2D eigenvalue weighted by atomic mass is 35.5. The number of nitrogens with one attached hydrogen (secondary N) is 2. The molecule has 1 unspecified atom stereocenters. The summed E-state index contributed by atoms with van der Waals surface area (Å²) < 4.78 is 0. The third-order valence-electron chi connectivity index (χ3n) is 3.40. The Morgan fingerprint density at radius 3 is 3.11 bits per heavy atom. The van der Waals surface area contributed by atoms with Crippen LogP contribution in [0.1, 0.15) is 19.8 Å². The minimum Gasteiger partial charge on any atom is -0.364 e. The van der Waals surface area contributed by atoms with Gasteiger partial charge >= 0.3 is 5.69 Å². The maximum Gasteiger partial charge on any atom is 0.312 e. The van der Waals surface area contributed by atoms with Crippen molar-refractivity contribution >= 4 is 23.1 Å². The van der Waals surface area contributed by atoms with E-state index in [0.717, 1.165) is 25.9 Å². The van der Waals surface area contributed by atoms with E-state index in [9.17, 15) is 10.1 Å². The molecule has 1 atom stereocenters. The van der Waals surface area contributed by atoms with Gasteiger partial charge in [0.25, 0.3) is 0 Å². The summed E-state index contributed by atoms with van der Waals surface area (Å²) in [5, 5.41) is 17.6. The van der Waals surface area contributed by atoms with Gasteiger partial charge in [0, 0.05) is 25.4 Å². The Balaban J connectivity index is 2.08. The number of nitro groups is 1. The second kappa shape index (κ2) is 5.71. The first-order chi connectivity index (χ1) is 9.00. The monoisotopic (exact) mass is 284 g/mol. The molecule has 0 aromatic carbocycles. The highest BCUT2D eigenvalue weighted by molar-refractivity contribution is 6.30. The molecule has 0 aliphatic carbocycles. The zero-order valence-corrected chi connectivity index (χ0v) is 11.5. The zero-order chi connectivity index (χ0) is 13.9. The Morgan fingerprint density at radius 2 is 2.47 bits per heavy atom. The maximum absolute atomic E-state index is 11.0. The lowest BCUT2D eigenvalue weighted by Gasteiger charge is -2.34. The van der Waals surface area contributed by atoms with E-state index in [-0.39, 0.29) is 21.9 Å². The predicted molar refractivity (Wildman–Crippen MR) is 74.6 cm³/mol. The fourth-order valence-corrected chi connectivity index (χ4v) is 2.42. The number of hydrogen-bond acceptors (Lipinski definition) is 5. The number of anilines is 1. The number of pyridine rings is 1. The Morgan fingerprint density at radius 1 is 1.68 bits per heavy atom. The standard InChI is InChI=1S/C12H17ClN4O2/c1-12(3-2-4-14-7-12)8-16-11-10(17(18)19)5-9(13)6-15-11/h5-6,14H,2-4,7-8H2,1H3,(H,15,16). The molecule has 6 nitrogen and oxygen atoms in total. The molecular formula is C12H17ClN4O2. The lowest BCUT2D eigenvalue weighted by atomic mass is 9.83. The molecular weight excluding hydrogens is 268 g/mol. The average Bonchev–Trinajstić information content (AvgIpc) is 2.38. The van der Waals surface area contributed by atoms with Crippen LogP contribution in [-0.4, -0.2) is 29.5 Å². The van der Waals surface area contributed by atoms with Crippen LogP contribution in [0.25, 0.3) is 0 Å². The van der Waals surface area contributed by atoms with Crippen molar-refractivity contribution in [3.8, 4) is 0 Å². The van der Waals surface area contributed by atoms with E-state index in [1.54, 1.807) is 0 Å². The zero-order valence-electron chi connectivity index (χ0n) is 10.8. The quantitative estimate of drug-likeness (QED) is 0.656. The number of hydrogen-bond donors (Lipinski definition) is 2. The molecule has 1 aromatic rings. The molecule has 1 aliphatic heterocycles. The van der Waals surface area contributed by atoms with Crippen molar-refractivity contribution < 1.29 is 4.92 Å². The van der Waals surface area contributed by atoms with Crippen molar-refractivity contribution in [2.75, 3.05) is 25.0 Å². The molecule has 1 aliphatic rings. The molecule has 0 amide bonds. The van der Waals surface area contributed by atoms with Crippen molar-refractivity contribution in [1.29, 1.82) is 0 Å². The van der Waals surface area contributed by atoms with Crippen LogP contribution in [0.4, 0.5) is 11.5 Å². The van der Waals surface area contributed by atoms with Crippen molar-refractivity contribution in [2.45, 2.75) is 19.8 Å². The van der Waals surface area contributed by atoms with Crippen LogP contribution < -0.4 is 10.6 Å². The Hall–Kier alpha value is -1.40. The molecule has 1 saturated heterocycles. The number of nitrogens with zero attached hydrogens (tertiary/aromatic N) is 2. The van der Waals surface area contributed by atoms with Crippen molar-refractivity contribution in [2.24, 2.45) is 5.41 Å². The molecule has 19 heavy (non-hydrogen) atoms. The van der Waals surface area contributed by atoms with E-state index in [0.29, 0.717) is 6.54 Å². The molecule has 2 rings (SSSR count). The van der Waals surface area contributed by atoms with Crippen LogP contribution in [0.3, 0.4) is 0 Å². The second-order valence-electron chi connectivity index (χ2n) is 5.22. The highest BCUT2D eigenvalue weighted by Gasteiger charge is 2.27. The van der Waals surface area contributed by atoms with Crippen molar-refractivity contribution in [3.05, 3.63) is 27.4 Å². The Labute approximate surface area is 116 Å². The van der Waals surface area contributed by atoms with E-state index in [4.69, 9.17) is 11.6 Å². The number of piperidine rings is 1. The van der Waals surface area contributed by atoms with Gasteiger partial charge in [-0.3, -0.25) is 10.1 Å². The second-order valence-corrected chi connectivity index (χ2v) is 5.66. The van der Waals surface area contributed by atoms with Crippen LogP contribution in [0, 0.1) is 15.5 Å². The highest BCUT2D eigenvalue weighted by Crippen LogP contribution is 2.29. The molecule has 104 valence electrons. The molecule has 0 saturated carbocycles. The third-order valence-corrected chi connectivity index (χ3v) is 3.61. The van der Waals surface area contributed by atoms with E-state index in [1.165, 1.54) is 12.3 Å². The van der Waals surface area contributed by atoms with Crippen molar-refractivity contribution in [1.82, 2.24) is 10.3 Å². The van der Waals surface area contributed by atoms with E-state index in [1.807, 2.05) is 0 Å². The van der Waals surface area contributed by atoms with Crippen LogP contribution in [0.5, 0.6) is 0 Å². The minimum absolute atomic E-state index is 0.0835. The van der Waals surface area contributed by atoms with Gasteiger partial charge in [0.1, 0.15) is 0 Å². The van der Waals surface area contributed by atoms with Gasteiger partial charge < -0.3 is 10.6 Å². The Bertz CT molecular complexity index is 475. The summed E-state index contributed by atoms with van der Waals surface area (Å²) in [7, 11) is 0. The fourth-order valence-electron chi connectivity index (χ4n) is 2.27. The number of rotatable bonds is 4. The van der Waals surface area contributed by atoms with Gasteiger partial charge in [-0.1, -0.05) is 18.5 Å². The summed E-state index contributed by atoms with van der Waals surface area (Å²) in [6.45, 7) is 4.75. The topological polar surface area (TPSA) is 80.1 Å². The largest absolute Gasteiger partial charge is 0.364 e. The molecule has 7 heteroatoms. The molecule has 1 fully saturated rings. The van der Waals surface area contributed by atoms with E-state index < -0.39 is 4.92 Å². The molecule has 2 heterocycles. The van der Waals surface area contributed by atoms with Gasteiger partial charge in [-0.25, -0.2) is 4.98 Å². The SMILES string of the molecule is CC1(CNc2ncc(Cl)cc2[N+](=O)[O-])CCCNC1. The smallest absolute Gasteiger partial charge is 0.312 e. The van der Waals surface area contributed by atoms with Gasteiger partial charge in [-0.05, 0) is 24.8 Å². The van der Waals surface area contributed by atoms with Crippen LogP contribution in [0.2, 0.25) is 5.02 Å². The summed E-state index contributed by atoms with van der Waals surface area (Å²) >= 11 is 5.73. The third kappa shape index (κ3) is 3.54. The summed E-state index contributed by atoms with van der Waals surface area (Å²) in [6.07, 6.45) is 3.63. The molecule has 2 N–H and O–H groups in total. The van der Waals surface area contributed by atoms with Crippen LogP contribution in [-0.2, 0) is 0 Å². The first kappa shape index (κ1) is 14.0. The summed E-state index contributed by atoms with van der Waals surface area (Å²) in [5.74, 6) is 0.279. The number of aromatic nitrogens is 1. The first-order valence-corrected chi connectivity index (χ1v) is 6.62. The minimum atomic E-state index is -0.470. The predicted octanol–water partition coefficient (Wildman–Crippen LogP) is 2.44. The summed E-state index contributed by atoms with van der Waals surface area (Å²) in [6, 6.07) is 1.32. The average molecular weight is 285 g/mol. The summed E-state index contributed by atoms with van der Waals surface area (Å²) in [4.78, 5) is 14.5. The lowest BCUT2D eigenvalue weighted by molar-refractivity contribution is -0.384. The first-order valence-electron chi connectivity index (χ1n) is 6.25. The maximum atomic E-state index is 11.0. The van der Waals surface area contributed by atoms with Crippen LogP contribution in [0.15, 0.2) is 12.3 Å². The van der Waals surface area contributed by atoms with Gasteiger partial charge in [0.2, 0.25) is 5.82 Å². The van der Waals surface area contributed by atoms with Crippen molar-refractivity contribution in [3.63, 3.8) is 0 Å². The van der Waals surface area contributed by atoms with Gasteiger partial charge in [0.05, 0.1) is 9.95 Å². The number of halogens is 1. The van der Waals surface area contributed by atoms with E-state index in [2.05, 4.69) is 22.5 Å². The van der Waals surface area contributed by atoms with Gasteiger partial charge in [-0.15, -0.1) is 0 Å². The molecule has 0 spiro atoms. The molecule has 1 aromatic heterocycles. The molecule has 0 radical (unpaired) electrons. The fraction of sp³-hybridized carbons (Fsp3) is 0.583. The van der Waals surface area contributed by atoms with Crippen LogP contribution >= 0.6 is 11.6 Å².